The Morgan fingerprint density at radius 3 is 2.17 bits per heavy atom. The standard InChI is InChI=1S/C17H29BN2O3/c19-15(16(21)20-4-2-1-3-14(20)18(22)23)17-8-11-5-12(9-17)7-13(6-11)10-17/h11-15,22-23H,1-10,19H2/t11?,12?,13?,14-,15+,17?/m0/s1. The maximum atomic E-state index is 13.1. The fourth-order valence-electron chi connectivity index (χ4n) is 6.54. The van der Waals surface area contributed by atoms with Crippen LogP contribution in [-0.2, 0) is 4.79 Å². The van der Waals surface area contributed by atoms with Gasteiger partial charge in [0.2, 0.25) is 5.91 Å². The number of hydrogen-bond donors (Lipinski definition) is 3. The summed E-state index contributed by atoms with van der Waals surface area (Å²) >= 11 is 0. The molecule has 1 aliphatic heterocycles. The van der Waals surface area contributed by atoms with Gasteiger partial charge in [-0.15, -0.1) is 0 Å². The first-order valence-corrected chi connectivity index (χ1v) is 9.41. The van der Waals surface area contributed by atoms with Gasteiger partial charge < -0.3 is 20.7 Å². The molecule has 4 N–H and O–H groups in total. The highest BCUT2D eigenvalue weighted by molar-refractivity contribution is 6.43. The number of piperidine rings is 1. The van der Waals surface area contributed by atoms with Crippen molar-refractivity contribution in [2.45, 2.75) is 69.8 Å². The molecule has 1 heterocycles. The summed E-state index contributed by atoms with van der Waals surface area (Å²) in [6.07, 6.45) is 9.86. The fraction of sp³-hybridized carbons (Fsp3) is 0.941. The van der Waals surface area contributed by atoms with Crippen molar-refractivity contribution in [2.24, 2.45) is 28.9 Å². The highest BCUT2D eigenvalue weighted by Crippen LogP contribution is 2.61. The molecule has 1 amide bonds. The number of nitrogens with two attached hydrogens (primary N) is 1. The molecule has 1 saturated heterocycles. The van der Waals surface area contributed by atoms with Crippen LogP contribution < -0.4 is 5.73 Å². The Bertz CT molecular complexity index is 449. The first-order chi connectivity index (χ1) is 11.0. The van der Waals surface area contributed by atoms with E-state index in [1.807, 2.05) is 0 Å². The van der Waals surface area contributed by atoms with Crippen LogP contribution in [-0.4, -0.2) is 46.5 Å². The molecule has 5 nitrogen and oxygen atoms in total. The molecule has 5 rings (SSSR count). The quantitative estimate of drug-likeness (QED) is 0.675. The third-order valence-corrected chi connectivity index (χ3v) is 7.19. The van der Waals surface area contributed by atoms with Gasteiger partial charge in [-0.2, -0.15) is 0 Å². The Morgan fingerprint density at radius 2 is 1.65 bits per heavy atom. The van der Waals surface area contributed by atoms with E-state index in [2.05, 4.69) is 0 Å². The molecule has 4 bridgehead atoms. The van der Waals surface area contributed by atoms with Crippen LogP contribution in [0.2, 0.25) is 0 Å². The second-order valence-corrected chi connectivity index (χ2v) is 8.77. The van der Waals surface area contributed by atoms with Gasteiger partial charge in [0.15, 0.2) is 0 Å². The molecule has 0 aromatic heterocycles. The van der Waals surface area contributed by atoms with E-state index in [1.165, 1.54) is 19.3 Å². The topological polar surface area (TPSA) is 86.8 Å². The normalized spacial score (nSPS) is 43.5. The lowest BCUT2D eigenvalue weighted by Gasteiger charge is -2.59. The Balaban J connectivity index is 1.54. The van der Waals surface area contributed by atoms with Crippen molar-refractivity contribution in [3.8, 4) is 0 Å². The predicted octanol–water partition coefficient (Wildman–Crippen LogP) is 0.923. The van der Waals surface area contributed by atoms with E-state index in [-0.39, 0.29) is 11.3 Å². The monoisotopic (exact) mass is 320 g/mol. The van der Waals surface area contributed by atoms with E-state index in [4.69, 9.17) is 5.73 Å². The molecule has 23 heavy (non-hydrogen) atoms. The van der Waals surface area contributed by atoms with Crippen LogP contribution >= 0.6 is 0 Å². The molecule has 6 heteroatoms. The summed E-state index contributed by atoms with van der Waals surface area (Å²) in [5.74, 6) is 1.78. The highest BCUT2D eigenvalue weighted by atomic mass is 16.4. The lowest BCUT2D eigenvalue weighted by Crippen LogP contribution is -2.63. The van der Waals surface area contributed by atoms with Crippen molar-refractivity contribution in [3.05, 3.63) is 0 Å². The van der Waals surface area contributed by atoms with Crippen molar-refractivity contribution < 1.29 is 14.8 Å². The number of carbonyl (C=O) groups is 1. The molecule has 0 spiro atoms. The zero-order valence-corrected chi connectivity index (χ0v) is 13.9. The van der Waals surface area contributed by atoms with Crippen LogP contribution in [0.15, 0.2) is 0 Å². The van der Waals surface area contributed by atoms with Crippen LogP contribution in [0.4, 0.5) is 0 Å². The highest BCUT2D eigenvalue weighted by Gasteiger charge is 2.56. The molecular formula is C17H29BN2O3. The van der Waals surface area contributed by atoms with E-state index in [1.54, 1.807) is 4.90 Å². The van der Waals surface area contributed by atoms with Crippen molar-refractivity contribution in [1.82, 2.24) is 4.90 Å². The van der Waals surface area contributed by atoms with Crippen LogP contribution in [0.1, 0.15) is 57.8 Å². The maximum Gasteiger partial charge on any atom is 0.475 e. The first-order valence-electron chi connectivity index (χ1n) is 9.41. The number of amides is 1. The van der Waals surface area contributed by atoms with Gasteiger partial charge in [-0.25, -0.2) is 0 Å². The largest absolute Gasteiger partial charge is 0.475 e. The summed E-state index contributed by atoms with van der Waals surface area (Å²) in [5.41, 5.74) is 6.54. The third kappa shape index (κ3) is 2.63. The molecule has 0 unspecified atom stereocenters. The molecule has 2 atom stereocenters. The van der Waals surface area contributed by atoms with E-state index in [0.717, 1.165) is 49.9 Å². The number of nitrogens with zero attached hydrogens (tertiary/aromatic N) is 1. The van der Waals surface area contributed by atoms with Gasteiger partial charge in [0.1, 0.15) is 0 Å². The van der Waals surface area contributed by atoms with E-state index in [9.17, 15) is 14.8 Å². The van der Waals surface area contributed by atoms with Gasteiger partial charge in [0.05, 0.1) is 12.0 Å². The third-order valence-electron chi connectivity index (χ3n) is 7.19. The Hall–Kier alpha value is -0.585. The molecule has 0 aromatic carbocycles. The molecule has 0 aromatic rings. The molecular weight excluding hydrogens is 291 g/mol. The van der Waals surface area contributed by atoms with Crippen LogP contribution in [0.5, 0.6) is 0 Å². The Kier molecular flexibility index (Phi) is 3.98. The number of rotatable bonds is 3. The summed E-state index contributed by atoms with van der Waals surface area (Å²) in [7, 11) is -1.46. The van der Waals surface area contributed by atoms with Gasteiger partial charge in [0.25, 0.3) is 0 Å². The smallest absolute Gasteiger partial charge is 0.426 e. The zero-order chi connectivity index (χ0) is 16.2. The molecule has 0 radical (unpaired) electrons. The van der Waals surface area contributed by atoms with Crippen molar-refractivity contribution in [1.29, 1.82) is 0 Å². The number of likely N-dealkylation sites (tertiary alicyclic amines) is 1. The zero-order valence-electron chi connectivity index (χ0n) is 13.9. The summed E-state index contributed by atoms with van der Waals surface area (Å²) < 4.78 is 0. The Labute approximate surface area is 138 Å². The van der Waals surface area contributed by atoms with Crippen LogP contribution in [0, 0.1) is 23.2 Å². The van der Waals surface area contributed by atoms with Gasteiger partial charge in [-0.3, -0.25) is 4.79 Å². The minimum absolute atomic E-state index is 0.0196. The average molecular weight is 320 g/mol. The van der Waals surface area contributed by atoms with Crippen molar-refractivity contribution >= 4 is 13.0 Å². The van der Waals surface area contributed by atoms with Crippen LogP contribution in [0.3, 0.4) is 0 Å². The van der Waals surface area contributed by atoms with Gasteiger partial charge in [-0.1, -0.05) is 6.42 Å². The average Bonchev–Trinajstić information content (AvgIpc) is 2.52. The lowest BCUT2D eigenvalue weighted by atomic mass is 9.47. The Morgan fingerprint density at radius 1 is 1.09 bits per heavy atom. The maximum absolute atomic E-state index is 13.1. The van der Waals surface area contributed by atoms with Gasteiger partial charge >= 0.3 is 7.12 Å². The lowest BCUT2D eigenvalue weighted by molar-refractivity contribution is -0.145. The summed E-state index contributed by atoms with van der Waals surface area (Å²) in [5, 5.41) is 19.3. The second-order valence-electron chi connectivity index (χ2n) is 8.77. The van der Waals surface area contributed by atoms with E-state index >= 15 is 0 Å². The fourth-order valence-corrected chi connectivity index (χ4v) is 6.54. The van der Waals surface area contributed by atoms with E-state index < -0.39 is 19.1 Å². The summed E-state index contributed by atoms with van der Waals surface area (Å²) in [4.78, 5) is 14.8. The molecule has 5 aliphatic rings. The van der Waals surface area contributed by atoms with Gasteiger partial charge in [0, 0.05) is 6.54 Å². The molecule has 4 aliphatic carbocycles. The van der Waals surface area contributed by atoms with Crippen molar-refractivity contribution in [3.63, 3.8) is 0 Å². The minimum atomic E-state index is -1.46. The van der Waals surface area contributed by atoms with E-state index in [0.29, 0.717) is 13.0 Å². The van der Waals surface area contributed by atoms with Crippen LogP contribution in [0.25, 0.3) is 0 Å². The van der Waals surface area contributed by atoms with Crippen molar-refractivity contribution in [2.75, 3.05) is 6.54 Å². The number of carbonyl (C=O) groups excluding carboxylic acids is 1. The summed E-state index contributed by atoms with van der Waals surface area (Å²) in [6, 6.07) is -0.463. The minimum Gasteiger partial charge on any atom is -0.426 e. The first kappa shape index (κ1) is 15.9. The predicted molar refractivity (Wildman–Crippen MR) is 88.1 cm³/mol. The van der Waals surface area contributed by atoms with Gasteiger partial charge in [-0.05, 0) is 74.5 Å². The molecule has 5 fully saturated rings. The second kappa shape index (κ2) is 5.75. The summed E-state index contributed by atoms with van der Waals surface area (Å²) in [6.45, 7) is 0.612. The molecule has 4 saturated carbocycles. The molecule has 128 valence electrons. The SMILES string of the molecule is N[C@H](C(=O)N1CCCC[C@H]1B(O)O)C12CC3CC(CC(C3)C1)C2. The number of hydrogen-bond acceptors (Lipinski definition) is 4.